The topological polar surface area (TPSA) is 84.2 Å². The van der Waals surface area contributed by atoms with E-state index in [2.05, 4.69) is 25.9 Å². The number of aryl methyl sites for hydroxylation is 3. The Bertz CT molecular complexity index is 1310. The zero-order valence-electron chi connectivity index (χ0n) is 17.1. The molecule has 0 aliphatic heterocycles. The molecule has 2 heterocycles. The molecule has 0 bridgehead atoms. The minimum atomic E-state index is -0.325. The van der Waals surface area contributed by atoms with Crippen molar-refractivity contribution in [3.8, 4) is 10.6 Å². The maximum atomic E-state index is 12.5. The summed E-state index contributed by atoms with van der Waals surface area (Å²) in [6, 6.07) is 11.1. The lowest BCUT2D eigenvalue weighted by Crippen LogP contribution is -2.34. The quantitative estimate of drug-likeness (QED) is 0.416. The summed E-state index contributed by atoms with van der Waals surface area (Å²) in [6.45, 7) is 5.86. The van der Waals surface area contributed by atoms with Gasteiger partial charge >= 0.3 is 0 Å². The summed E-state index contributed by atoms with van der Waals surface area (Å²) in [6.07, 6.45) is 0.755. The number of hydrogen-bond donors (Lipinski definition) is 2. The minimum Gasteiger partial charge on any atom is -0.332 e. The Morgan fingerprint density at radius 3 is 2.68 bits per heavy atom. The number of benzene rings is 2. The monoisotopic (exact) mass is 470 g/mol. The maximum absolute atomic E-state index is 12.5. The molecule has 0 aliphatic carbocycles. The molecule has 0 radical (unpaired) electrons. The summed E-state index contributed by atoms with van der Waals surface area (Å²) in [5, 5.41) is 20.3. The van der Waals surface area contributed by atoms with E-state index in [1.54, 1.807) is 22.7 Å². The number of halogens is 1. The molecule has 4 rings (SSSR count). The number of anilines is 1. The second-order valence-electron chi connectivity index (χ2n) is 6.97. The first-order valence-corrected chi connectivity index (χ1v) is 11.2. The van der Waals surface area contributed by atoms with Crippen LogP contribution in [0.25, 0.3) is 15.5 Å². The van der Waals surface area contributed by atoms with E-state index in [0.29, 0.717) is 10.6 Å². The molecule has 31 heavy (non-hydrogen) atoms. The molecule has 0 aliphatic rings. The Balaban J connectivity index is 1.52. The molecule has 0 saturated carbocycles. The lowest BCUT2D eigenvalue weighted by Gasteiger charge is -2.13. The fraction of sp³-hybridized carbons (Fsp3) is 0.190. The highest BCUT2D eigenvalue weighted by molar-refractivity contribution is 7.80. The first-order valence-electron chi connectivity index (χ1n) is 9.56. The number of hydrogen-bond acceptors (Lipinski definition) is 6. The molecule has 0 spiro atoms. The number of carbonyl (C=O) groups is 1. The van der Waals surface area contributed by atoms with Gasteiger partial charge in [0.2, 0.25) is 4.96 Å². The summed E-state index contributed by atoms with van der Waals surface area (Å²) in [5.41, 5.74) is 4.03. The minimum absolute atomic E-state index is 0.202. The third-order valence-corrected chi connectivity index (χ3v) is 6.32. The third-order valence-electron chi connectivity index (χ3n) is 4.77. The van der Waals surface area contributed by atoms with Gasteiger partial charge in [-0.3, -0.25) is 10.1 Å². The van der Waals surface area contributed by atoms with Crippen LogP contribution in [0, 0.1) is 13.8 Å². The Kier molecular flexibility index (Phi) is 5.99. The van der Waals surface area contributed by atoms with Crippen LogP contribution in [0.4, 0.5) is 5.69 Å². The lowest BCUT2D eigenvalue weighted by molar-refractivity contribution is 0.0977. The Labute approximate surface area is 193 Å². The van der Waals surface area contributed by atoms with E-state index in [4.69, 9.17) is 23.8 Å². The summed E-state index contributed by atoms with van der Waals surface area (Å²) in [7, 11) is 0. The third kappa shape index (κ3) is 4.43. The normalized spacial score (nSPS) is 11.0. The van der Waals surface area contributed by atoms with Gasteiger partial charge in [0.25, 0.3) is 5.91 Å². The number of amides is 1. The molecular formula is C21H19ClN6OS2. The SMILES string of the molecule is CCc1nnc2sc(-c3ccc(C)c(NC(=S)NC(=O)c4ccc(C)c(Cl)c4)c3)nn12. The number of nitrogens with zero attached hydrogens (tertiary/aromatic N) is 4. The smallest absolute Gasteiger partial charge is 0.257 e. The Hall–Kier alpha value is -2.88. The van der Waals surface area contributed by atoms with E-state index >= 15 is 0 Å². The van der Waals surface area contributed by atoms with Crippen LogP contribution in [-0.2, 0) is 6.42 Å². The first-order chi connectivity index (χ1) is 14.9. The zero-order valence-corrected chi connectivity index (χ0v) is 19.5. The number of rotatable bonds is 4. The van der Waals surface area contributed by atoms with Crippen molar-refractivity contribution < 1.29 is 4.79 Å². The highest BCUT2D eigenvalue weighted by atomic mass is 35.5. The van der Waals surface area contributed by atoms with Crippen molar-refractivity contribution >= 4 is 56.8 Å². The van der Waals surface area contributed by atoms with Crippen molar-refractivity contribution in [2.24, 2.45) is 0 Å². The van der Waals surface area contributed by atoms with Gasteiger partial charge in [0.1, 0.15) is 5.01 Å². The number of aromatic nitrogens is 4. The van der Waals surface area contributed by atoms with E-state index in [0.717, 1.165) is 44.6 Å². The van der Waals surface area contributed by atoms with E-state index in [1.165, 1.54) is 11.3 Å². The highest BCUT2D eigenvalue weighted by Crippen LogP contribution is 2.29. The largest absolute Gasteiger partial charge is 0.332 e. The fourth-order valence-electron chi connectivity index (χ4n) is 2.95. The van der Waals surface area contributed by atoms with Gasteiger partial charge in [-0.05, 0) is 55.4 Å². The van der Waals surface area contributed by atoms with Crippen molar-refractivity contribution in [2.75, 3.05) is 5.32 Å². The van der Waals surface area contributed by atoms with Gasteiger partial charge < -0.3 is 5.32 Å². The van der Waals surface area contributed by atoms with Crippen LogP contribution < -0.4 is 10.6 Å². The molecule has 7 nitrogen and oxygen atoms in total. The van der Waals surface area contributed by atoms with Crippen LogP contribution in [0.2, 0.25) is 5.02 Å². The zero-order chi connectivity index (χ0) is 22.1. The van der Waals surface area contributed by atoms with Crippen molar-refractivity contribution in [3.63, 3.8) is 0 Å². The van der Waals surface area contributed by atoms with E-state index in [1.807, 2.05) is 39.0 Å². The average Bonchev–Trinajstić information content (AvgIpc) is 3.32. The summed E-state index contributed by atoms with van der Waals surface area (Å²) >= 11 is 12.9. The Morgan fingerprint density at radius 1 is 1.16 bits per heavy atom. The van der Waals surface area contributed by atoms with Crippen molar-refractivity contribution in [1.82, 2.24) is 25.1 Å². The van der Waals surface area contributed by atoms with Crippen LogP contribution in [-0.4, -0.2) is 30.8 Å². The molecule has 0 saturated heterocycles. The van der Waals surface area contributed by atoms with Gasteiger partial charge in [0.15, 0.2) is 10.9 Å². The van der Waals surface area contributed by atoms with Crippen LogP contribution in [0.1, 0.15) is 34.2 Å². The molecule has 10 heteroatoms. The lowest BCUT2D eigenvalue weighted by atomic mass is 10.1. The summed E-state index contributed by atoms with van der Waals surface area (Å²) in [4.78, 5) is 13.2. The fourth-order valence-corrected chi connectivity index (χ4v) is 4.18. The van der Waals surface area contributed by atoms with E-state index in [9.17, 15) is 4.79 Å². The van der Waals surface area contributed by atoms with Gasteiger partial charge in [-0.25, -0.2) is 0 Å². The van der Waals surface area contributed by atoms with E-state index < -0.39 is 0 Å². The van der Waals surface area contributed by atoms with Crippen LogP contribution >= 0.6 is 35.2 Å². The number of fused-ring (bicyclic) bond motifs is 1. The number of carbonyl (C=O) groups excluding carboxylic acids is 1. The molecule has 2 aromatic heterocycles. The first kappa shape index (κ1) is 21.4. The standard InChI is InChI=1S/C21H19ClN6OS2/c1-4-17-25-26-21-28(17)27-19(31-21)14-8-6-12(3)16(10-14)23-20(30)24-18(29)13-7-5-11(2)15(22)9-13/h5-10H,4H2,1-3H3,(H2,23,24,29,30). The van der Waals surface area contributed by atoms with Crippen LogP contribution in [0.3, 0.4) is 0 Å². The second-order valence-corrected chi connectivity index (χ2v) is 8.74. The Morgan fingerprint density at radius 2 is 1.94 bits per heavy atom. The highest BCUT2D eigenvalue weighted by Gasteiger charge is 2.14. The van der Waals surface area contributed by atoms with Gasteiger partial charge in [-0.2, -0.15) is 9.61 Å². The molecule has 1 amide bonds. The van der Waals surface area contributed by atoms with Crippen molar-refractivity contribution in [3.05, 3.63) is 63.9 Å². The van der Waals surface area contributed by atoms with Gasteiger partial charge in [-0.15, -0.1) is 10.2 Å². The molecule has 0 atom stereocenters. The number of nitrogens with one attached hydrogen (secondary N) is 2. The predicted molar refractivity (Wildman–Crippen MR) is 128 cm³/mol. The van der Waals surface area contributed by atoms with Gasteiger partial charge in [-0.1, -0.05) is 48.1 Å². The molecular weight excluding hydrogens is 452 g/mol. The van der Waals surface area contributed by atoms with Crippen molar-refractivity contribution in [2.45, 2.75) is 27.2 Å². The molecule has 0 unspecified atom stereocenters. The maximum Gasteiger partial charge on any atom is 0.257 e. The molecule has 0 fully saturated rings. The molecule has 4 aromatic rings. The molecule has 2 N–H and O–H groups in total. The van der Waals surface area contributed by atoms with Crippen LogP contribution in [0.15, 0.2) is 36.4 Å². The summed E-state index contributed by atoms with van der Waals surface area (Å²) < 4.78 is 1.77. The van der Waals surface area contributed by atoms with Crippen molar-refractivity contribution in [1.29, 1.82) is 0 Å². The van der Waals surface area contributed by atoms with Gasteiger partial charge in [0, 0.05) is 28.3 Å². The van der Waals surface area contributed by atoms with E-state index in [-0.39, 0.29) is 11.0 Å². The molecule has 2 aromatic carbocycles. The van der Waals surface area contributed by atoms with Crippen LogP contribution in [0.5, 0.6) is 0 Å². The molecule has 158 valence electrons. The number of thiocarbonyl (C=S) groups is 1. The second kappa shape index (κ2) is 8.70. The van der Waals surface area contributed by atoms with Gasteiger partial charge in [0.05, 0.1) is 0 Å². The predicted octanol–water partition coefficient (Wildman–Crippen LogP) is 4.81. The average molecular weight is 471 g/mol. The summed E-state index contributed by atoms with van der Waals surface area (Å²) in [5.74, 6) is 0.497.